The third-order valence-electron chi connectivity index (χ3n) is 4.75. The Hall–Kier alpha value is -3.68. The van der Waals surface area contributed by atoms with Crippen LogP contribution < -0.4 is 15.6 Å². The van der Waals surface area contributed by atoms with E-state index in [9.17, 15) is 18.8 Å². The van der Waals surface area contributed by atoms with E-state index < -0.39 is 17.3 Å². The number of halogens is 1. The number of fused-ring (bicyclic) bond motifs is 2. The minimum atomic E-state index is -0.509. The van der Waals surface area contributed by atoms with E-state index >= 15 is 0 Å². The molecule has 2 aromatic carbocycles. The van der Waals surface area contributed by atoms with E-state index in [1.54, 1.807) is 4.90 Å². The van der Waals surface area contributed by atoms with E-state index in [4.69, 9.17) is 4.74 Å². The van der Waals surface area contributed by atoms with Gasteiger partial charge in [-0.1, -0.05) is 18.2 Å². The predicted molar refractivity (Wildman–Crippen MR) is 104 cm³/mol. The van der Waals surface area contributed by atoms with Crippen LogP contribution in [-0.2, 0) is 11.3 Å². The monoisotopic (exact) mass is 395 g/mol. The fraction of sp³-hybridized carbons (Fsp3) is 0.190. The SMILES string of the molecule is O=C(NCCN1Cc2ccccc2OCC1=O)c1cc(=O)[nH]c2ccc(F)cc12. The maximum absolute atomic E-state index is 13.6. The molecule has 2 heterocycles. The van der Waals surface area contributed by atoms with Crippen molar-refractivity contribution in [1.29, 1.82) is 0 Å². The Morgan fingerprint density at radius 2 is 2.00 bits per heavy atom. The molecule has 0 spiro atoms. The zero-order chi connectivity index (χ0) is 20.4. The van der Waals surface area contributed by atoms with Crippen molar-refractivity contribution < 1.29 is 18.7 Å². The molecule has 0 bridgehead atoms. The van der Waals surface area contributed by atoms with Crippen molar-refractivity contribution in [2.24, 2.45) is 0 Å². The molecular formula is C21H18FN3O4. The smallest absolute Gasteiger partial charge is 0.260 e. The first-order valence-electron chi connectivity index (χ1n) is 9.10. The number of nitrogens with zero attached hydrogens (tertiary/aromatic N) is 1. The van der Waals surface area contributed by atoms with Gasteiger partial charge in [-0.25, -0.2) is 4.39 Å². The molecule has 7 nitrogen and oxygen atoms in total. The Balaban J connectivity index is 1.47. The van der Waals surface area contributed by atoms with E-state index in [1.807, 2.05) is 24.3 Å². The molecule has 0 atom stereocenters. The third kappa shape index (κ3) is 3.96. The molecule has 0 unspecified atom stereocenters. The second kappa shape index (κ2) is 7.75. The summed E-state index contributed by atoms with van der Waals surface area (Å²) in [5.41, 5.74) is 0.895. The zero-order valence-corrected chi connectivity index (χ0v) is 15.4. The molecule has 0 saturated carbocycles. The van der Waals surface area contributed by atoms with Crippen LogP contribution in [0.4, 0.5) is 4.39 Å². The molecule has 8 heteroatoms. The highest BCUT2D eigenvalue weighted by atomic mass is 19.1. The summed E-state index contributed by atoms with van der Waals surface area (Å²) in [7, 11) is 0. The van der Waals surface area contributed by atoms with Crippen LogP contribution in [0, 0.1) is 5.82 Å². The minimum absolute atomic E-state index is 0.0665. The maximum Gasteiger partial charge on any atom is 0.260 e. The molecule has 2 N–H and O–H groups in total. The largest absolute Gasteiger partial charge is 0.483 e. The Morgan fingerprint density at radius 1 is 1.17 bits per heavy atom. The maximum atomic E-state index is 13.6. The van der Waals surface area contributed by atoms with Gasteiger partial charge in [-0.3, -0.25) is 14.4 Å². The van der Waals surface area contributed by atoms with Gasteiger partial charge < -0.3 is 19.9 Å². The number of rotatable bonds is 4. The molecule has 0 aliphatic carbocycles. The quantitative estimate of drug-likeness (QED) is 0.705. The molecule has 2 amide bonds. The fourth-order valence-corrected chi connectivity index (χ4v) is 3.32. The lowest BCUT2D eigenvalue weighted by Gasteiger charge is -2.20. The van der Waals surface area contributed by atoms with Crippen LogP contribution >= 0.6 is 0 Å². The van der Waals surface area contributed by atoms with Crippen LogP contribution in [0.3, 0.4) is 0 Å². The Morgan fingerprint density at radius 3 is 2.86 bits per heavy atom. The first-order chi connectivity index (χ1) is 14.0. The summed E-state index contributed by atoms with van der Waals surface area (Å²) in [6.07, 6.45) is 0. The van der Waals surface area contributed by atoms with E-state index in [0.29, 0.717) is 23.2 Å². The first-order valence-corrected chi connectivity index (χ1v) is 9.10. The lowest BCUT2D eigenvalue weighted by Crippen LogP contribution is -2.39. The van der Waals surface area contributed by atoms with Crippen LogP contribution in [0.5, 0.6) is 5.75 Å². The molecule has 4 rings (SSSR count). The summed E-state index contributed by atoms with van der Waals surface area (Å²) in [4.78, 5) is 40.9. The van der Waals surface area contributed by atoms with Crippen molar-refractivity contribution in [3.05, 3.63) is 75.8 Å². The van der Waals surface area contributed by atoms with Crippen molar-refractivity contribution in [2.45, 2.75) is 6.54 Å². The Labute approximate surface area is 165 Å². The molecule has 1 aliphatic heterocycles. The van der Waals surface area contributed by atoms with Crippen LogP contribution in [0.15, 0.2) is 53.3 Å². The number of amides is 2. The minimum Gasteiger partial charge on any atom is -0.483 e. The number of hydrogen-bond donors (Lipinski definition) is 2. The standard InChI is InChI=1S/C21H18FN3O4/c22-14-5-6-17-15(9-14)16(10-19(26)24-17)21(28)23-7-8-25-11-13-3-1-2-4-18(13)29-12-20(25)27/h1-6,9-10H,7-8,11-12H2,(H,23,28)(H,24,26). The number of H-pyrrole nitrogens is 1. The van der Waals surface area contributed by atoms with Gasteiger partial charge in [0.25, 0.3) is 11.8 Å². The summed E-state index contributed by atoms with van der Waals surface area (Å²) < 4.78 is 19.1. The number of pyridine rings is 1. The molecule has 3 aromatic rings. The number of ether oxygens (including phenoxy) is 1. The molecular weight excluding hydrogens is 377 g/mol. The number of aromatic nitrogens is 1. The third-order valence-corrected chi connectivity index (χ3v) is 4.75. The average Bonchev–Trinajstić information content (AvgIpc) is 2.87. The Kier molecular flexibility index (Phi) is 4.99. The molecule has 148 valence electrons. The summed E-state index contributed by atoms with van der Waals surface area (Å²) in [5.74, 6) is -0.526. The lowest BCUT2D eigenvalue weighted by atomic mass is 10.1. The molecule has 0 saturated heterocycles. The van der Waals surface area contributed by atoms with Gasteiger partial charge in [0, 0.05) is 42.2 Å². The van der Waals surface area contributed by atoms with Crippen LogP contribution in [0.1, 0.15) is 15.9 Å². The van der Waals surface area contributed by atoms with E-state index in [0.717, 1.165) is 11.6 Å². The molecule has 1 aromatic heterocycles. The van der Waals surface area contributed by atoms with Crippen molar-refractivity contribution in [1.82, 2.24) is 15.2 Å². The van der Waals surface area contributed by atoms with Gasteiger partial charge in [0.1, 0.15) is 11.6 Å². The number of para-hydroxylation sites is 1. The normalized spacial score (nSPS) is 13.6. The van der Waals surface area contributed by atoms with Crippen molar-refractivity contribution in [2.75, 3.05) is 19.7 Å². The number of hydrogen-bond acceptors (Lipinski definition) is 4. The highest BCUT2D eigenvalue weighted by molar-refractivity contribution is 6.05. The van der Waals surface area contributed by atoms with Gasteiger partial charge in [0.2, 0.25) is 5.56 Å². The van der Waals surface area contributed by atoms with Crippen LogP contribution in [0.25, 0.3) is 10.9 Å². The average molecular weight is 395 g/mol. The number of carbonyl (C=O) groups excluding carboxylic acids is 2. The second-order valence-corrected chi connectivity index (χ2v) is 6.70. The molecule has 29 heavy (non-hydrogen) atoms. The number of nitrogens with one attached hydrogen (secondary N) is 2. The van der Waals surface area contributed by atoms with Gasteiger partial charge >= 0.3 is 0 Å². The van der Waals surface area contributed by atoms with Gasteiger partial charge in [0.05, 0.1) is 5.56 Å². The topological polar surface area (TPSA) is 91.5 Å². The van der Waals surface area contributed by atoms with E-state index in [2.05, 4.69) is 10.3 Å². The van der Waals surface area contributed by atoms with Crippen molar-refractivity contribution >= 4 is 22.7 Å². The Bertz CT molecular complexity index is 1160. The zero-order valence-electron chi connectivity index (χ0n) is 15.4. The number of benzene rings is 2. The van der Waals surface area contributed by atoms with Gasteiger partial charge in [-0.2, -0.15) is 0 Å². The van der Waals surface area contributed by atoms with Gasteiger partial charge in [0.15, 0.2) is 6.61 Å². The fourth-order valence-electron chi connectivity index (χ4n) is 3.32. The van der Waals surface area contributed by atoms with E-state index in [-0.39, 0.29) is 31.2 Å². The number of aromatic amines is 1. The van der Waals surface area contributed by atoms with Gasteiger partial charge in [-0.05, 0) is 24.3 Å². The summed E-state index contributed by atoms with van der Waals surface area (Å²) in [6.45, 7) is 0.765. The molecule has 0 fully saturated rings. The molecule has 0 radical (unpaired) electrons. The highest BCUT2D eigenvalue weighted by Crippen LogP contribution is 2.22. The van der Waals surface area contributed by atoms with E-state index in [1.165, 1.54) is 18.2 Å². The summed E-state index contributed by atoms with van der Waals surface area (Å²) in [6, 6.07) is 12.4. The number of carbonyl (C=O) groups is 2. The van der Waals surface area contributed by atoms with Gasteiger partial charge in [-0.15, -0.1) is 0 Å². The molecule has 1 aliphatic rings. The van der Waals surface area contributed by atoms with Crippen LogP contribution in [-0.4, -0.2) is 41.4 Å². The summed E-state index contributed by atoms with van der Waals surface area (Å²) in [5, 5.41) is 3.02. The summed E-state index contributed by atoms with van der Waals surface area (Å²) >= 11 is 0. The predicted octanol–water partition coefficient (Wildman–Crippen LogP) is 1.82. The van der Waals surface area contributed by atoms with Crippen molar-refractivity contribution in [3.63, 3.8) is 0 Å². The first kappa shape index (κ1) is 18.7. The van der Waals surface area contributed by atoms with Crippen LogP contribution in [0.2, 0.25) is 0 Å². The van der Waals surface area contributed by atoms with Crippen molar-refractivity contribution in [3.8, 4) is 5.75 Å². The lowest BCUT2D eigenvalue weighted by molar-refractivity contribution is -0.133. The second-order valence-electron chi connectivity index (χ2n) is 6.70. The highest BCUT2D eigenvalue weighted by Gasteiger charge is 2.21.